The maximum Gasteiger partial charge on any atom is 0.169 e. The van der Waals surface area contributed by atoms with Gasteiger partial charge in [0, 0.05) is 12.5 Å². The summed E-state index contributed by atoms with van der Waals surface area (Å²) in [5, 5.41) is 0. The lowest BCUT2D eigenvalue weighted by Gasteiger charge is -2.34. The Morgan fingerprint density at radius 3 is 2.81 bits per heavy atom. The number of hydrogen-bond acceptors (Lipinski definition) is 5. The van der Waals surface area contributed by atoms with Gasteiger partial charge in [0.1, 0.15) is 0 Å². The fourth-order valence-corrected chi connectivity index (χ4v) is 4.28. The van der Waals surface area contributed by atoms with E-state index in [1.165, 1.54) is 0 Å². The van der Waals surface area contributed by atoms with Crippen LogP contribution >= 0.6 is 0 Å². The summed E-state index contributed by atoms with van der Waals surface area (Å²) < 4.78 is 34.5. The summed E-state index contributed by atoms with van der Waals surface area (Å²) in [6, 6.07) is 0. The third-order valence-corrected chi connectivity index (χ3v) is 5.24. The van der Waals surface area contributed by atoms with Gasteiger partial charge in [0.2, 0.25) is 0 Å². The third-order valence-electron chi connectivity index (χ3n) is 3.42. The molecule has 2 saturated heterocycles. The Hall–Kier alpha value is -0.170. The van der Waals surface area contributed by atoms with E-state index in [0.717, 1.165) is 6.42 Å². The van der Waals surface area contributed by atoms with Crippen LogP contribution < -0.4 is 5.73 Å². The summed E-state index contributed by atoms with van der Waals surface area (Å²) in [5.41, 5.74) is 5.51. The largest absolute Gasteiger partial charge is 0.347 e. The molecule has 2 aliphatic rings. The Morgan fingerprint density at radius 1 is 1.50 bits per heavy atom. The van der Waals surface area contributed by atoms with Crippen LogP contribution in [0.4, 0.5) is 0 Å². The van der Waals surface area contributed by atoms with Crippen LogP contribution in [0.1, 0.15) is 19.8 Å². The molecule has 0 amide bonds. The van der Waals surface area contributed by atoms with Gasteiger partial charge in [0.25, 0.3) is 0 Å². The van der Waals surface area contributed by atoms with Crippen molar-refractivity contribution < 1.29 is 17.9 Å². The summed E-state index contributed by atoms with van der Waals surface area (Å²) >= 11 is 0. The molecule has 5 nitrogen and oxygen atoms in total. The highest BCUT2D eigenvalue weighted by Crippen LogP contribution is 2.36. The van der Waals surface area contributed by atoms with Crippen molar-refractivity contribution in [1.82, 2.24) is 0 Å². The zero-order chi connectivity index (χ0) is 11.8. The van der Waals surface area contributed by atoms with E-state index in [0.29, 0.717) is 25.3 Å². The van der Waals surface area contributed by atoms with Gasteiger partial charge in [-0.3, -0.25) is 0 Å². The topological polar surface area (TPSA) is 78.6 Å². The number of nitrogens with two attached hydrogens (primary N) is 1. The quantitative estimate of drug-likeness (QED) is 0.739. The van der Waals surface area contributed by atoms with Crippen molar-refractivity contribution in [2.75, 3.05) is 24.7 Å². The highest BCUT2D eigenvalue weighted by molar-refractivity contribution is 7.91. The summed E-state index contributed by atoms with van der Waals surface area (Å²) in [4.78, 5) is 0. The average Bonchev–Trinajstić information content (AvgIpc) is 2.60. The van der Waals surface area contributed by atoms with E-state index in [2.05, 4.69) is 0 Å². The lowest BCUT2D eigenvalue weighted by atomic mass is 9.96. The summed E-state index contributed by atoms with van der Waals surface area (Å²) in [6.07, 6.45) is 1.44. The normalized spacial score (nSPS) is 43.4. The molecule has 2 fully saturated rings. The molecule has 3 atom stereocenters. The van der Waals surface area contributed by atoms with Crippen molar-refractivity contribution in [2.45, 2.75) is 31.7 Å². The first kappa shape index (κ1) is 12.3. The molecular weight excluding hydrogens is 230 g/mol. The Labute approximate surface area is 96.2 Å². The minimum absolute atomic E-state index is 0.0669. The molecule has 0 saturated carbocycles. The van der Waals surface area contributed by atoms with Crippen LogP contribution in [-0.4, -0.2) is 45.0 Å². The van der Waals surface area contributed by atoms with Crippen molar-refractivity contribution in [3.05, 3.63) is 0 Å². The van der Waals surface area contributed by atoms with Gasteiger partial charge in [-0.05, 0) is 19.8 Å². The molecule has 2 N–H and O–H groups in total. The fraction of sp³-hybridized carbons (Fsp3) is 1.00. The molecule has 0 spiro atoms. The molecule has 94 valence electrons. The lowest BCUT2D eigenvalue weighted by Crippen LogP contribution is -2.43. The maximum atomic E-state index is 11.6. The van der Waals surface area contributed by atoms with E-state index >= 15 is 0 Å². The number of rotatable bonds is 2. The molecule has 0 aliphatic carbocycles. The fourth-order valence-electron chi connectivity index (χ4n) is 2.42. The van der Waals surface area contributed by atoms with Crippen LogP contribution in [0.5, 0.6) is 0 Å². The predicted octanol–water partition coefficient (Wildman–Crippen LogP) is -0.0985. The van der Waals surface area contributed by atoms with Gasteiger partial charge in [0.15, 0.2) is 15.6 Å². The van der Waals surface area contributed by atoms with Gasteiger partial charge in [0.05, 0.1) is 24.2 Å². The number of ether oxygens (including phenoxy) is 2. The monoisotopic (exact) mass is 249 g/mol. The highest BCUT2D eigenvalue weighted by atomic mass is 32.2. The van der Waals surface area contributed by atoms with Gasteiger partial charge < -0.3 is 15.2 Å². The predicted molar refractivity (Wildman–Crippen MR) is 59.7 cm³/mol. The Morgan fingerprint density at radius 2 is 2.25 bits per heavy atom. The first-order chi connectivity index (χ1) is 7.45. The van der Waals surface area contributed by atoms with Crippen LogP contribution in [0, 0.1) is 5.92 Å². The van der Waals surface area contributed by atoms with E-state index < -0.39 is 15.6 Å². The molecular formula is C10H19NO4S. The molecule has 0 aromatic heterocycles. The average molecular weight is 249 g/mol. The van der Waals surface area contributed by atoms with Crippen molar-refractivity contribution in [3.63, 3.8) is 0 Å². The second kappa shape index (κ2) is 4.25. The second-order valence-corrected chi connectivity index (χ2v) is 6.98. The minimum atomic E-state index is -2.92. The van der Waals surface area contributed by atoms with Gasteiger partial charge in [-0.15, -0.1) is 0 Å². The first-order valence-electron chi connectivity index (χ1n) is 5.67. The lowest BCUT2D eigenvalue weighted by molar-refractivity contribution is -0.187. The molecule has 3 unspecified atom stereocenters. The van der Waals surface area contributed by atoms with Crippen molar-refractivity contribution in [2.24, 2.45) is 11.7 Å². The van der Waals surface area contributed by atoms with Crippen molar-refractivity contribution >= 4 is 9.84 Å². The van der Waals surface area contributed by atoms with E-state index in [1.807, 2.05) is 6.92 Å². The zero-order valence-electron chi connectivity index (χ0n) is 9.52. The van der Waals surface area contributed by atoms with Crippen LogP contribution in [0.3, 0.4) is 0 Å². The Bertz CT molecular complexity index is 356. The minimum Gasteiger partial charge on any atom is -0.347 e. The van der Waals surface area contributed by atoms with Crippen LogP contribution in [0.25, 0.3) is 0 Å². The smallest absolute Gasteiger partial charge is 0.169 e. The molecule has 16 heavy (non-hydrogen) atoms. The Balaban J connectivity index is 2.07. The van der Waals surface area contributed by atoms with E-state index in [-0.39, 0.29) is 17.8 Å². The summed E-state index contributed by atoms with van der Waals surface area (Å²) in [7, 11) is -2.92. The van der Waals surface area contributed by atoms with E-state index in [9.17, 15) is 8.42 Å². The second-order valence-electron chi connectivity index (χ2n) is 4.76. The van der Waals surface area contributed by atoms with E-state index in [4.69, 9.17) is 15.2 Å². The first-order valence-corrected chi connectivity index (χ1v) is 7.49. The molecule has 2 rings (SSSR count). The van der Waals surface area contributed by atoms with Crippen LogP contribution in [-0.2, 0) is 19.3 Å². The van der Waals surface area contributed by atoms with Crippen LogP contribution in [0.2, 0.25) is 0 Å². The van der Waals surface area contributed by atoms with Gasteiger partial charge in [-0.2, -0.15) is 0 Å². The molecule has 0 radical (unpaired) electrons. The van der Waals surface area contributed by atoms with Crippen LogP contribution in [0.15, 0.2) is 0 Å². The molecule has 2 heterocycles. The molecule has 0 aromatic rings. The highest BCUT2D eigenvalue weighted by Gasteiger charge is 2.46. The maximum absolute atomic E-state index is 11.6. The standard InChI is InChI=1S/C10H19NO4S/c1-10(14-6-9(5-11)15-10)8-3-2-4-16(12,13)7-8/h8-9H,2-7,11H2,1H3. The number of hydrogen-bond donors (Lipinski definition) is 1. The zero-order valence-corrected chi connectivity index (χ0v) is 10.3. The Kier molecular flexibility index (Phi) is 3.27. The summed E-state index contributed by atoms with van der Waals surface area (Å²) in [6.45, 7) is 2.70. The third kappa shape index (κ3) is 2.40. The number of sulfone groups is 1. The molecule has 0 aromatic carbocycles. The molecule has 6 heteroatoms. The van der Waals surface area contributed by atoms with Crippen molar-refractivity contribution in [1.29, 1.82) is 0 Å². The van der Waals surface area contributed by atoms with E-state index in [1.54, 1.807) is 0 Å². The van der Waals surface area contributed by atoms with Gasteiger partial charge >= 0.3 is 0 Å². The molecule has 2 aliphatic heterocycles. The summed E-state index contributed by atoms with van der Waals surface area (Å²) in [5.74, 6) is -0.374. The van der Waals surface area contributed by atoms with Gasteiger partial charge in [-0.25, -0.2) is 8.42 Å². The molecule has 0 bridgehead atoms. The SMILES string of the molecule is CC1(C2CCCS(=O)(=O)C2)OCC(CN)O1. The van der Waals surface area contributed by atoms with Crippen molar-refractivity contribution in [3.8, 4) is 0 Å². The van der Waals surface area contributed by atoms with Gasteiger partial charge in [-0.1, -0.05) is 0 Å².